The molecule has 3 aromatic rings. The smallest absolute Gasteiger partial charge is 0.251 e. The van der Waals surface area contributed by atoms with E-state index in [4.69, 9.17) is 9.72 Å². The second-order valence-electron chi connectivity index (χ2n) is 6.14. The van der Waals surface area contributed by atoms with Crippen LogP contribution in [0.3, 0.4) is 0 Å². The van der Waals surface area contributed by atoms with Crippen LogP contribution in [0.1, 0.15) is 36.5 Å². The van der Waals surface area contributed by atoms with Crippen LogP contribution in [0.25, 0.3) is 11.0 Å². The summed E-state index contributed by atoms with van der Waals surface area (Å²) in [4.78, 5) is 17.1. The summed E-state index contributed by atoms with van der Waals surface area (Å²) in [5, 5.41) is 2.98. The van der Waals surface area contributed by atoms with Gasteiger partial charge in [-0.15, -0.1) is 0 Å². The predicted molar refractivity (Wildman–Crippen MR) is 104 cm³/mol. The zero-order chi connectivity index (χ0) is 18.4. The molecule has 0 radical (unpaired) electrons. The van der Waals surface area contributed by atoms with E-state index in [2.05, 4.69) is 22.9 Å². The summed E-state index contributed by atoms with van der Waals surface area (Å²) in [6.45, 7) is 6.14. The Balaban J connectivity index is 1.66. The molecule has 0 fully saturated rings. The maximum atomic E-state index is 12.4. The normalized spacial score (nSPS) is 10.8. The summed E-state index contributed by atoms with van der Waals surface area (Å²) in [7, 11) is 0. The Labute approximate surface area is 154 Å². The minimum absolute atomic E-state index is 0.0929. The van der Waals surface area contributed by atoms with E-state index in [1.54, 1.807) is 12.1 Å². The molecule has 5 heteroatoms. The van der Waals surface area contributed by atoms with Crippen molar-refractivity contribution in [2.24, 2.45) is 0 Å². The van der Waals surface area contributed by atoms with Crippen LogP contribution < -0.4 is 10.1 Å². The molecule has 0 atom stereocenters. The number of nitrogens with zero attached hydrogens (tertiary/aromatic N) is 2. The minimum atomic E-state index is -0.0929. The molecule has 26 heavy (non-hydrogen) atoms. The fourth-order valence-electron chi connectivity index (χ4n) is 3.07. The number of fused-ring (bicyclic) bond motifs is 1. The average molecular weight is 351 g/mol. The maximum Gasteiger partial charge on any atom is 0.251 e. The van der Waals surface area contributed by atoms with Crippen LogP contribution >= 0.6 is 0 Å². The molecule has 0 aliphatic carbocycles. The van der Waals surface area contributed by atoms with E-state index < -0.39 is 0 Å². The first-order valence-corrected chi connectivity index (χ1v) is 9.18. The summed E-state index contributed by atoms with van der Waals surface area (Å²) in [6, 6.07) is 15.4. The highest BCUT2D eigenvalue weighted by atomic mass is 16.5. The van der Waals surface area contributed by atoms with Gasteiger partial charge >= 0.3 is 0 Å². The molecule has 0 unspecified atom stereocenters. The largest absolute Gasteiger partial charge is 0.494 e. The number of hydrogen-bond donors (Lipinski definition) is 1. The van der Waals surface area contributed by atoms with Gasteiger partial charge in [-0.2, -0.15) is 0 Å². The molecule has 1 N–H and O–H groups in total. The van der Waals surface area contributed by atoms with Gasteiger partial charge in [-0.25, -0.2) is 4.98 Å². The monoisotopic (exact) mass is 351 g/mol. The number of amides is 1. The molecule has 1 aromatic heterocycles. The number of rotatable bonds is 8. The molecule has 0 saturated carbocycles. The Kier molecular flexibility index (Phi) is 5.89. The number of carbonyl (C=O) groups excluding carboxylic acids is 1. The Morgan fingerprint density at radius 3 is 2.81 bits per heavy atom. The predicted octanol–water partition coefficient (Wildman–Crippen LogP) is 3.82. The van der Waals surface area contributed by atoms with Crippen LogP contribution in [0.5, 0.6) is 5.75 Å². The van der Waals surface area contributed by atoms with Crippen molar-refractivity contribution in [1.82, 2.24) is 14.9 Å². The van der Waals surface area contributed by atoms with Gasteiger partial charge in [0.15, 0.2) is 0 Å². The molecule has 1 heterocycles. The average Bonchev–Trinajstić information content (AvgIpc) is 3.00. The molecule has 0 bridgehead atoms. The number of aryl methyl sites for hydroxylation is 1. The van der Waals surface area contributed by atoms with Crippen LogP contribution in [-0.4, -0.2) is 28.6 Å². The number of benzene rings is 2. The molecule has 5 nitrogen and oxygen atoms in total. The molecule has 0 saturated heterocycles. The Morgan fingerprint density at radius 1 is 1.15 bits per heavy atom. The van der Waals surface area contributed by atoms with Crippen molar-refractivity contribution in [2.45, 2.75) is 33.2 Å². The number of ether oxygens (including phenoxy) is 1. The highest BCUT2D eigenvalue weighted by Crippen LogP contribution is 2.17. The molecule has 0 aliphatic heterocycles. The van der Waals surface area contributed by atoms with Gasteiger partial charge in [-0.05, 0) is 43.7 Å². The third-order valence-corrected chi connectivity index (χ3v) is 4.22. The lowest BCUT2D eigenvalue weighted by atomic mass is 10.2. The van der Waals surface area contributed by atoms with Crippen LogP contribution in [0.2, 0.25) is 0 Å². The summed E-state index contributed by atoms with van der Waals surface area (Å²) in [5.41, 5.74) is 2.77. The van der Waals surface area contributed by atoms with Crippen LogP contribution in [-0.2, 0) is 13.0 Å². The van der Waals surface area contributed by atoms with Gasteiger partial charge in [0.25, 0.3) is 5.91 Å². The number of para-hydroxylation sites is 2. The van der Waals surface area contributed by atoms with Crippen molar-refractivity contribution in [2.75, 3.05) is 13.2 Å². The van der Waals surface area contributed by atoms with Crippen LogP contribution in [0.15, 0.2) is 48.5 Å². The summed E-state index contributed by atoms with van der Waals surface area (Å²) < 4.78 is 7.70. The molecule has 3 rings (SSSR count). The number of imidazole rings is 1. The summed E-state index contributed by atoms with van der Waals surface area (Å²) in [6.07, 6.45) is 1.75. The third-order valence-electron chi connectivity index (χ3n) is 4.22. The highest BCUT2D eigenvalue weighted by molar-refractivity contribution is 5.94. The fraction of sp³-hybridized carbons (Fsp3) is 0.333. The molecule has 136 valence electrons. The molecule has 2 aromatic carbocycles. The topological polar surface area (TPSA) is 56.2 Å². The SMILES string of the molecule is CCCn1c(CCNC(=O)c2cccc(OCC)c2)nc2ccccc21. The van der Waals surface area contributed by atoms with Crippen molar-refractivity contribution in [3.8, 4) is 5.75 Å². The van der Waals surface area contributed by atoms with Gasteiger partial charge in [-0.1, -0.05) is 25.1 Å². The standard InChI is InChI=1S/C21H25N3O2/c1-3-14-24-19-11-6-5-10-18(19)23-20(24)12-13-22-21(25)16-8-7-9-17(15-16)26-4-2/h5-11,15H,3-4,12-14H2,1-2H3,(H,22,25). The van der Waals surface area contributed by atoms with Gasteiger partial charge in [0.1, 0.15) is 11.6 Å². The van der Waals surface area contributed by atoms with Gasteiger partial charge in [0, 0.05) is 25.1 Å². The molecular weight excluding hydrogens is 326 g/mol. The minimum Gasteiger partial charge on any atom is -0.494 e. The first-order valence-electron chi connectivity index (χ1n) is 9.18. The molecular formula is C21H25N3O2. The van der Waals surface area contributed by atoms with Gasteiger partial charge in [0.05, 0.1) is 17.6 Å². The molecule has 0 spiro atoms. The number of nitrogens with one attached hydrogen (secondary N) is 1. The zero-order valence-corrected chi connectivity index (χ0v) is 15.4. The number of aromatic nitrogens is 2. The van der Waals surface area contributed by atoms with Crippen molar-refractivity contribution in [1.29, 1.82) is 0 Å². The van der Waals surface area contributed by atoms with Gasteiger partial charge in [-0.3, -0.25) is 4.79 Å². The molecule has 1 amide bonds. The number of carbonyl (C=O) groups is 1. The van der Waals surface area contributed by atoms with Gasteiger partial charge in [0.2, 0.25) is 0 Å². The fourth-order valence-corrected chi connectivity index (χ4v) is 3.07. The summed E-state index contributed by atoms with van der Waals surface area (Å²) >= 11 is 0. The lowest BCUT2D eigenvalue weighted by molar-refractivity contribution is 0.0953. The molecule has 0 aliphatic rings. The Morgan fingerprint density at radius 2 is 2.00 bits per heavy atom. The third kappa shape index (κ3) is 4.04. The van der Waals surface area contributed by atoms with E-state index in [1.807, 2.05) is 37.3 Å². The zero-order valence-electron chi connectivity index (χ0n) is 15.4. The quantitative estimate of drug-likeness (QED) is 0.671. The van der Waals surface area contributed by atoms with E-state index in [1.165, 1.54) is 0 Å². The first-order chi connectivity index (χ1) is 12.7. The van der Waals surface area contributed by atoms with Crippen LogP contribution in [0, 0.1) is 0 Å². The first kappa shape index (κ1) is 18.0. The van der Waals surface area contributed by atoms with Crippen molar-refractivity contribution < 1.29 is 9.53 Å². The second kappa shape index (κ2) is 8.52. The van der Waals surface area contributed by atoms with Crippen molar-refractivity contribution >= 4 is 16.9 Å². The Bertz CT molecular complexity index is 886. The highest BCUT2D eigenvalue weighted by Gasteiger charge is 2.11. The van der Waals surface area contributed by atoms with E-state index in [-0.39, 0.29) is 5.91 Å². The van der Waals surface area contributed by atoms with E-state index >= 15 is 0 Å². The van der Waals surface area contributed by atoms with E-state index in [0.29, 0.717) is 30.9 Å². The summed E-state index contributed by atoms with van der Waals surface area (Å²) in [5.74, 6) is 1.63. The Hall–Kier alpha value is -2.82. The van der Waals surface area contributed by atoms with Crippen molar-refractivity contribution in [3.05, 3.63) is 59.9 Å². The van der Waals surface area contributed by atoms with Crippen molar-refractivity contribution in [3.63, 3.8) is 0 Å². The number of hydrogen-bond acceptors (Lipinski definition) is 3. The van der Waals surface area contributed by atoms with Crippen LogP contribution in [0.4, 0.5) is 0 Å². The second-order valence-corrected chi connectivity index (χ2v) is 6.14. The van der Waals surface area contributed by atoms with Gasteiger partial charge < -0.3 is 14.6 Å². The maximum absolute atomic E-state index is 12.4. The lowest BCUT2D eigenvalue weighted by Crippen LogP contribution is -2.26. The van der Waals surface area contributed by atoms with E-state index in [9.17, 15) is 4.79 Å². The van der Waals surface area contributed by atoms with E-state index in [0.717, 1.165) is 29.8 Å². The lowest BCUT2D eigenvalue weighted by Gasteiger charge is -2.09.